The van der Waals surface area contributed by atoms with Gasteiger partial charge in [-0.25, -0.2) is 4.98 Å². The lowest BCUT2D eigenvalue weighted by molar-refractivity contribution is 0.446. The number of nitrogens with zero attached hydrogens (tertiary/aromatic N) is 3. The van der Waals surface area contributed by atoms with E-state index in [4.69, 9.17) is 9.97 Å². The van der Waals surface area contributed by atoms with Gasteiger partial charge >= 0.3 is 0 Å². The summed E-state index contributed by atoms with van der Waals surface area (Å²) in [6.45, 7) is 39.0. The number of pyridine rings is 1. The predicted octanol–water partition coefficient (Wildman–Crippen LogP) is 15.7. The van der Waals surface area contributed by atoms with Crippen LogP contribution in [-0.4, -0.2) is 27.7 Å². The molecule has 7 aromatic rings. The normalized spacial score (nSPS) is 13.0. The lowest BCUT2D eigenvalue weighted by Crippen LogP contribution is -2.40. The van der Waals surface area contributed by atoms with Crippen LogP contribution in [0.4, 0.5) is 0 Å². The van der Waals surface area contributed by atoms with Gasteiger partial charge in [0.2, 0.25) is 0 Å². The first-order valence-electron chi connectivity index (χ1n) is 23.4. The zero-order chi connectivity index (χ0) is 46.9. The van der Waals surface area contributed by atoms with E-state index in [0.29, 0.717) is 11.7 Å². The van der Waals surface area contributed by atoms with Gasteiger partial charge in [-0.3, -0.25) is 9.55 Å². The number of para-hydroxylation sites is 2. The van der Waals surface area contributed by atoms with Gasteiger partial charge in [0, 0.05) is 28.6 Å². The van der Waals surface area contributed by atoms with Crippen LogP contribution in [0, 0.1) is 5.92 Å². The summed E-state index contributed by atoms with van der Waals surface area (Å²) in [5.74, 6) is 1.52. The van der Waals surface area contributed by atoms with Crippen LogP contribution in [-0.2, 0) is 28.1 Å². The van der Waals surface area contributed by atoms with Crippen LogP contribution in [0.2, 0.25) is 19.6 Å². The van der Waals surface area contributed by atoms with E-state index in [2.05, 4.69) is 224 Å². The van der Waals surface area contributed by atoms with Crippen LogP contribution in [0.25, 0.3) is 61.6 Å². The van der Waals surface area contributed by atoms with Gasteiger partial charge < -0.3 is 5.11 Å². The minimum absolute atomic E-state index is 0.0363. The van der Waals surface area contributed by atoms with Crippen LogP contribution >= 0.6 is 0 Å². The SMILES string of the molecule is CC(C)Cc1cc(-c2cc(-c3cc(C(C)(C)C)cc(C(C)(C)C)c3)cc(-c3cccc4c3nc(-c3cc(C(C)(C)C)cc(C(C)(C)C)c3O)n4-c3ccccc3)c2)ncc1[Si](C)(C)C. The highest BCUT2D eigenvalue weighted by molar-refractivity contribution is 6.89. The zero-order valence-electron chi connectivity index (χ0n) is 42.0. The third kappa shape index (κ3) is 9.57. The van der Waals surface area contributed by atoms with Crippen molar-refractivity contribution in [2.45, 2.75) is 145 Å². The van der Waals surface area contributed by atoms with Crippen molar-refractivity contribution in [3.8, 4) is 56.3 Å². The molecule has 334 valence electrons. The Labute approximate surface area is 386 Å². The minimum atomic E-state index is -1.66. The Morgan fingerprint density at radius 1 is 0.578 bits per heavy atom. The molecule has 0 atom stereocenters. The van der Waals surface area contributed by atoms with Gasteiger partial charge in [0.05, 0.1) is 30.4 Å². The first kappa shape index (κ1) is 46.7. The van der Waals surface area contributed by atoms with E-state index in [0.717, 1.165) is 67.8 Å². The number of phenols is 1. The molecule has 0 saturated carbocycles. The highest BCUT2D eigenvalue weighted by Crippen LogP contribution is 2.45. The Hall–Kier alpha value is -5.26. The van der Waals surface area contributed by atoms with Crippen molar-refractivity contribution >= 4 is 24.3 Å². The first-order chi connectivity index (χ1) is 29.6. The van der Waals surface area contributed by atoms with Crippen molar-refractivity contribution in [1.29, 1.82) is 0 Å². The number of imidazole rings is 1. The molecule has 0 fully saturated rings. The van der Waals surface area contributed by atoms with E-state index >= 15 is 0 Å². The molecule has 5 aromatic carbocycles. The molecular formula is C59H73N3OSi. The molecule has 0 radical (unpaired) electrons. The van der Waals surface area contributed by atoms with Gasteiger partial charge in [0.1, 0.15) is 11.6 Å². The Kier molecular flexibility index (Phi) is 12.1. The summed E-state index contributed by atoms with van der Waals surface area (Å²) in [6.07, 6.45) is 3.20. The Morgan fingerprint density at radius 2 is 1.14 bits per heavy atom. The number of benzene rings is 5. The summed E-state index contributed by atoms with van der Waals surface area (Å²) < 4.78 is 2.23. The van der Waals surface area contributed by atoms with E-state index in [1.54, 1.807) is 0 Å². The molecule has 7 rings (SSSR count). The average molecular weight is 868 g/mol. The van der Waals surface area contributed by atoms with E-state index in [9.17, 15) is 5.11 Å². The van der Waals surface area contributed by atoms with Crippen LogP contribution in [0.3, 0.4) is 0 Å². The molecule has 2 aromatic heterocycles. The van der Waals surface area contributed by atoms with Crippen molar-refractivity contribution in [2.24, 2.45) is 5.92 Å². The number of fused-ring (bicyclic) bond motifs is 1. The summed E-state index contributed by atoms with van der Waals surface area (Å²) in [7, 11) is -1.66. The van der Waals surface area contributed by atoms with Gasteiger partial charge in [0.25, 0.3) is 0 Å². The monoisotopic (exact) mass is 868 g/mol. The van der Waals surface area contributed by atoms with E-state index < -0.39 is 8.07 Å². The second-order valence-electron chi connectivity index (χ2n) is 23.9. The van der Waals surface area contributed by atoms with Gasteiger partial charge in [-0.15, -0.1) is 0 Å². The van der Waals surface area contributed by atoms with Gasteiger partial charge in [-0.05, 0) is 127 Å². The number of rotatable bonds is 8. The molecule has 0 amide bonds. The largest absolute Gasteiger partial charge is 0.507 e. The number of aromatic nitrogens is 3. The molecule has 64 heavy (non-hydrogen) atoms. The third-order valence-electron chi connectivity index (χ3n) is 12.7. The lowest BCUT2D eigenvalue weighted by Gasteiger charge is -2.27. The highest BCUT2D eigenvalue weighted by Gasteiger charge is 2.29. The maximum atomic E-state index is 12.3. The second kappa shape index (κ2) is 16.6. The van der Waals surface area contributed by atoms with Crippen molar-refractivity contribution in [3.05, 3.63) is 137 Å². The van der Waals surface area contributed by atoms with Crippen molar-refractivity contribution < 1.29 is 5.11 Å². The molecule has 0 unspecified atom stereocenters. The molecule has 5 heteroatoms. The molecule has 4 nitrogen and oxygen atoms in total. The van der Waals surface area contributed by atoms with Gasteiger partial charge in [0.15, 0.2) is 0 Å². The molecule has 0 saturated heterocycles. The fourth-order valence-corrected chi connectivity index (χ4v) is 10.4. The molecular weight excluding hydrogens is 795 g/mol. The van der Waals surface area contributed by atoms with Gasteiger partial charge in [-0.2, -0.15) is 0 Å². The van der Waals surface area contributed by atoms with Gasteiger partial charge in [-0.1, -0.05) is 171 Å². The molecule has 2 heterocycles. The topological polar surface area (TPSA) is 50.9 Å². The van der Waals surface area contributed by atoms with Crippen LogP contribution in [0.15, 0.2) is 109 Å². The highest BCUT2D eigenvalue weighted by atomic mass is 28.3. The Morgan fingerprint density at radius 3 is 1.70 bits per heavy atom. The summed E-state index contributed by atoms with van der Waals surface area (Å²) in [6, 6.07) is 37.9. The quantitative estimate of drug-likeness (QED) is 0.155. The predicted molar refractivity (Wildman–Crippen MR) is 279 cm³/mol. The molecule has 1 N–H and O–H groups in total. The summed E-state index contributed by atoms with van der Waals surface area (Å²) >= 11 is 0. The average Bonchev–Trinajstić information content (AvgIpc) is 3.58. The zero-order valence-corrected chi connectivity index (χ0v) is 43.0. The lowest BCUT2D eigenvalue weighted by atomic mass is 9.78. The van der Waals surface area contributed by atoms with Crippen molar-refractivity contribution in [1.82, 2.24) is 14.5 Å². The van der Waals surface area contributed by atoms with Crippen molar-refractivity contribution in [3.63, 3.8) is 0 Å². The molecule has 0 spiro atoms. The molecule has 0 aliphatic carbocycles. The molecule has 0 aliphatic heterocycles. The molecule has 0 bridgehead atoms. The summed E-state index contributed by atoms with van der Waals surface area (Å²) in [5, 5.41) is 13.8. The van der Waals surface area contributed by atoms with Crippen LogP contribution in [0.1, 0.15) is 125 Å². The number of aromatic hydroxyl groups is 1. The van der Waals surface area contributed by atoms with Crippen molar-refractivity contribution in [2.75, 3.05) is 0 Å². The standard InChI is InChI=1S/C59H73N3OSi/c1-37(2)26-42-32-50(60-36-52(42)64(15,16)17)41-28-38(39-30-43(56(3,4)5)33-44(31-39)57(6,7)8)27-40(29-41)47-24-21-25-51-53(47)61-55(62(51)46-22-19-18-20-23-46)48-34-45(58(9,10)11)35-49(54(48)63)59(12,13)14/h18-25,27-37,63H,26H2,1-17H3. The van der Waals surface area contributed by atoms with E-state index in [1.807, 2.05) is 6.07 Å². The number of phenolic OH excluding ortho intramolecular Hbond substituents is 1. The Balaban J connectivity index is 1.58. The van der Waals surface area contributed by atoms with Crippen LogP contribution < -0.4 is 5.19 Å². The fourth-order valence-electron chi connectivity index (χ4n) is 8.86. The minimum Gasteiger partial charge on any atom is -0.507 e. The maximum absolute atomic E-state index is 12.3. The van der Waals surface area contributed by atoms with Crippen LogP contribution in [0.5, 0.6) is 5.75 Å². The fraction of sp³-hybridized carbons (Fsp3) is 0.390. The summed E-state index contributed by atoms with van der Waals surface area (Å²) in [4.78, 5) is 10.9. The smallest absolute Gasteiger partial charge is 0.149 e. The Bertz CT molecular complexity index is 2810. The second-order valence-corrected chi connectivity index (χ2v) is 28.9. The molecule has 0 aliphatic rings. The van der Waals surface area contributed by atoms with E-state index in [1.165, 1.54) is 27.4 Å². The van der Waals surface area contributed by atoms with E-state index in [-0.39, 0.29) is 27.4 Å². The third-order valence-corrected chi connectivity index (χ3v) is 14.8. The summed E-state index contributed by atoms with van der Waals surface area (Å²) in [5.41, 5.74) is 15.7. The first-order valence-corrected chi connectivity index (χ1v) is 26.9. The maximum Gasteiger partial charge on any atom is 0.149 e. The number of hydrogen-bond donors (Lipinski definition) is 1. The number of hydrogen-bond acceptors (Lipinski definition) is 3.